The Kier molecular flexibility index (Phi) is 7.68. The average Bonchev–Trinajstić information content (AvgIpc) is 3.66. The maximum atomic E-state index is 13.3. The minimum Gasteiger partial charge on any atom is -0.477 e. The van der Waals surface area contributed by atoms with Crippen LogP contribution in [0.3, 0.4) is 0 Å². The van der Waals surface area contributed by atoms with Crippen LogP contribution in [-0.4, -0.2) is 61.0 Å². The Morgan fingerprint density at radius 1 is 1.24 bits per heavy atom. The largest absolute Gasteiger partial charge is 0.477 e. The van der Waals surface area contributed by atoms with Crippen LogP contribution in [0.5, 0.6) is 5.88 Å². The van der Waals surface area contributed by atoms with Crippen molar-refractivity contribution in [3.63, 3.8) is 0 Å². The minimum atomic E-state index is -2.42. The fraction of sp³-hybridized carbons (Fsp3) is 0.440. The maximum absolute atomic E-state index is 13.3. The third kappa shape index (κ3) is 6.25. The van der Waals surface area contributed by atoms with Crippen LogP contribution in [0, 0.1) is 5.92 Å². The van der Waals surface area contributed by atoms with E-state index in [1.54, 1.807) is 30.9 Å². The molecule has 3 aromatic heterocycles. The summed E-state index contributed by atoms with van der Waals surface area (Å²) >= 11 is 1.24. The van der Waals surface area contributed by atoms with Crippen LogP contribution in [0.15, 0.2) is 36.9 Å². The maximum Gasteiger partial charge on any atom is 0.280 e. The molecule has 1 aliphatic carbocycles. The molecule has 12 heteroatoms. The molecular weight excluding hydrogens is 512 g/mol. The van der Waals surface area contributed by atoms with Gasteiger partial charge in [-0.05, 0) is 56.5 Å². The van der Waals surface area contributed by atoms with Crippen LogP contribution in [0.2, 0.25) is 0 Å². The summed E-state index contributed by atoms with van der Waals surface area (Å²) in [7, 11) is -2.42. The van der Waals surface area contributed by atoms with Gasteiger partial charge in [-0.1, -0.05) is 0 Å². The van der Waals surface area contributed by atoms with Crippen molar-refractivity contribution in [3.05, 3.63) is 47.6 Å². The Morgan fingerprint density at radius 2 is 2.05 bits per heavy atom. The van der Waals surface area contributed by atoms with Crippen LogP contribution in [-0.2, 0) is 14.4 Å². The molecule has 3 aromatic rings. The number of amides is 1. The van der Waals surface area contributed by atoms with Gasteiger partial charge < -0.3 is 19.5 Å². The van der Waals surface area contributed by atoms with Gasteiger partial charge in [-0.15, -0.1) is 11.3 Å². The van der Waals surface area contributed by atoms with Gasteiger partial charge in [0.1, 0.15) is 5.69 Å². The third-order valence-corrected chi connectivity index (χ3v) is 9.48. The highest BCUT2D eigenvalue weighted by atomic mass is 32.2. The zero-order chi connectivity index (χ0) is 25.8. The first-order valence-electron chi connectivity index (χ1n) is 12.3. The van der Waals surface area contributed by atoms with Crippen molar-refractivity contribution in [1.82, 2.24) is 25.3 Å². The lowest BCUT2D eigenvalue weighted by Gasteiger charge is -2.30. The number of nitrogens with zero attached hydrogens (tertiary/aromatic N) is 4. The van der Waals surface area contributed by atoms with Gasteiger partial charge in [0.25, 0.3) is 5.91 Å². The number of hydrogen-bond acceptors (Lipinski definition) is 9. The summed E-state index contributed by atoms with van der Waals surface area (Å²) in [4.78, 5) is 31.6. The number of anilines is 1. The molecule has 0 spiro atoms. The summed E-state index contributed by atoms with van der Waals surface area (Å²) in [6, 6.07) is 3.29. The van der Waals surface area contributed by atoms with E-state index < -0.39 is 9.71 Å². The number of carbonyl (C=O) groups excluding carboxylic acids is 1. The molecule has 2 atom stereocenters. The Hall–Kier alpha value is -3.09. The first-order chi connectivity index (χ1) is 17.9. The van der Waals surface area contributed by atoms with Gasteiger partial charge in [-0.25, -0.2) is 14.2 Å². The van der Waals surface area contributed by atoms with Crippen molar-refractivity contribution in [1.29, 1.82) is 0 Å². The number of pyridine rings is 1. The zero-order valence-corrected chi connectivity index (χ0v) is 22.2. The van der Waals surface area contributed by atoms with E-state index in [2.05, 4.69) is 35.8 Å². The molecule has 196 valence electrons. The first kappa shape index (κ1) is 25.6. The molecule has 2 fully saturated rings. The Balaban J connectivity index is 1.36. The molecule has 1 amide bonds. The topological polar surface area (TPSA) is 128 Å². The molecule has 37 heavy (non-hydrogen) atoms. The summed E-state index contributed by atoms with van der Waals surface area (Å²) in [6.45, 7) is 3.61. The van der Waals surface area contributed by atoms with Gasteiger partial charge in [0.05, 0.1) is 35.6 Å². The Bertz CT molecular complexity index is 1350. The second-order valence-corrected chi connectivity index (χ2v) is 12.5. The number of carbonyl (C=O) groups is 1. The fourth-order valence-electron chi connectivity index (χ4n) is 4.28. The molecule has 4 heterocycles. The van der Waals surface area contributed by atoms with Crippen LogP contribution in [0.25, 0.3) is 10.6 Å². The van der Waals surface area contributed by atoms with E-state index in [0.717, 1.165) is 30.6 Å². The van der Waals surface area contributed by atoms with E-state index in [-0.39, 0.29) is 23.1 Å². The molecule has 0 bridgehead atoms. The molecule has 1 saturated carbocycles. The van der Waals surface area contributed by atoms with Crippen molar-refractivity contribution in [2.75, 3.05) is 24.5 Å². The molecule has 1 aliphatic heterocycles. The molecule has 0 aromatic carbocycles. The average molecular weight is 543 g/mol. The smallest absolute Gasteiger partial charge is 0.280 e. The lowest BCUT2D eigenvalue weighted by molar-refractivity contribution is 0.0508. The molecule has 1 unspecified atom stereocenters. The van der Waals surface area contributed by atoms with E-state index in [9.17, 15) is 9.00 Å². The van der Waals surface area contributed by atoms with Crippen LogP contribution >= 0.6 is 11.3 Å². The van der Waals surface area contributed by atoms with Crippen molar-refractivity contribution < 1.29 is 18.5 Å². The minimum absolute atomic E-state index is 0.105. The summed E-state index contributed by atoms with van der Waals surface area (Å²) < 4.78 is 27.0. The standard InChI is InChI=1S/C25H30N6O4S2/c1-3-35-22-15-26-13-20(29-22)21-14-28-25(36-21)24(32)30-23(16-7-10-34-11-8-16)19-12-17(6-9-27-19)31-37(2,33)18-4-5-18/h6,9,12-16,18,23H,2-5,7-8,10-11H2,1H3,(H,30,32)(H,27,31,33)/t23-,37?/m0/s1. The molecule has 10 nitrogen and oxygen atoms in total. The molecular formula is C25H30N6O4S2. The summed E-state index contributed by atoms with van der Waals surface area (Å²) in [5, 5.41) is 3.58. The number of ether oxygens (including phenoxy) is 2. The normalized spacial score (nSPS) is 18.5. The van der Waals surface area contributed by atoms with Crippen LogP contribution < -0.4 is 14.8 Å². The predicted molar refractivity (Wildman–Crippen MR) is 144 cm³/mol. The second kappa shape index (κ2) is 11.1. The van der Waals surface area contributed by atoms with E-state index in [1.807, 2.05) is 13.0 Å². The van der Waals surface area contributed by atoms with Crippen molar-refractivity contribution >= 4 is 38.5 Å². The van der Waals surface area contributed by atoms with Crippen LogP contribution in [0.4, 0.5) is 5.69 Å². The van der Waals surface area contributed by atoms with Gasteiger partial charge in [-0.2, -0.15) is 0 Å². The fourth-order valence-corrected chi connectivity index (χ4v) is 6.64. The number of aromatic nitrogens is 4. The number of rotatable bonds is 10. The summed E-state index contributed by atoms with van der Waals surface area (Å²) in [5.74, 6) is 4.18. The lowest BCUT2D eigenvalue weighted by atomic mass is 9.89. The summed E-state index contributed by atoms with van der Waals surface area (Å²) in [6.07, 6.45) is 9.89. The lowest BCUT2D eigenvalue weighted by Crippen LogP contribution is -2.36. The monoisotopic (exact) mass is 542 g/mol. The van der Waals surface area contributed by atoms with Crippen LogP contribution in [0.1, 0.15) is 54.1 Å². The highest BCUT2D eigenvalue weighted by molar-refractivity contribution is 8.02. The summed E-state index contributed by atoms with van der Waals surface area (Å²) in [5.41, 5.74) is 1.98. The Morgan fingerprint density at radius 3 is 2.81 bits per heavy atom. The number of hydrogen-bond donors (Lipinski definition) is 2. The Labute approximate surface area is 220 Å². The highest BCUT2D eigenvalue weighted by Crippen LogP contribution is 2.33. The molecule has 2 aliphatic rings. The van der Waals surface area contributed by atoms with Crippen molar-refractivity contribution in [3.8, 4) is 16.5 Å². The number of nitrogens with one attached hydrogen (secondary N) is 2. The zero-order valence-electron chi connectivity index (χ0n) is 20.6. The first-order valence-corrected chi connectivity index (χ1v) is 14.9. The van der Waals surface area contributed by atoms with E-state index in [1.165, 1.54) is 11.3 Å². The van der Waals surface area contributed by atoms with Gasteiger partial charge >= 0.3 is 0 Å². The van der Waals surface area contributed by atoms with E-state index in [0.29, 0.717) is 47.8 Å². The number of thiazole rings is 1. The van der Waals surface area contributed by atoms with Gasteiger partial charge in [0, 0.05) is 46.3 Å². The van der Waals surface area contributed by atoms with Gasteiger partial charge in [0.15, 0.2) is 5.01 Å². The van der Waals surface area contributed by atoms with Gasteiger partial charge in [-0.3, -0.25) is 14.8 Å². The molecule has 2 N–H and O–H groups in total. The molecule has 0 radical (unpaired) electrons. The predicted octanol–water partition coefficient (Wildman–Crippen LogP) is 3.50. The van der Waals surface area contributed by atoms with Gasteiger partial charge in [0.2, 0.25) is 5.88 Å². The van der Waals surface area contributed by atoms with E-state index in [4.69, 9.17) is 9.47 Å². The SMILES string of the molecule is C=S(=O)(Nc1ccnc([C@@H](NC(=O)c2ncc(-c3cncc(OCC)n3)s2)C2CCOCC2)c1)C1CC1. The van der Waals surface area contributed by atoms with Crippen molar-refractivity contribution in [2.24, 2.45) is 5.92 Å². The third-order valence-electron chi connectivity index (χ3n) is 6.33. The molecule has 1 saturated heterocycles. The highest BCUT2D eigenvalue weighted by Gasteiger charge is 2.32. The molecule has 5 rings (SSSR count). The van der Waals surface area contributed by atoms with Crippen molar-refractivity contribution in [2.45, 2.75) is 43.9 Å². The quantitative estimate of drug-likeness (QED) is 0.373. The second-order valence-electron chi connectivity index (χ2n) is 9.10. The van der Waals surface area contributed by atoms with E-state index >= 15 is 0 Å².